The first-order valence-corrected chi connectivity index (χ1v) is 5.87. The number of ether oxygens (including phenoxy) is 1. The molecule has 0 spiro atoms. The first-order valence-electron chi connectivity index (χ1n) is 4.79. The third-order valence-corrected chi connectivity index (χ3v) is 2.70. The number of aromatic nitrogens is 1. The van der Waals surface area contributed by atoms with Crippen LogP contribution in [0.5, 0.6) is 11.6 Å². The van der Waals surface area contributed by atoms with Gasteiger partial charge in [-0.05, 0) is 52.9 Å². The minimum atomic E-state index is -1.07. The molecular weight excluding hydrogens is 333 g/mol. The van der Waals surface area contributed by atoms with Crippen LogP contribution in [0, 0.1) is 3.57 Å². The van der Waals surface area contributed by atoms with Crippen LogP contribution in [0.15, 0.2) is 42.5 Å². The molecule has 0 aliphatic heterocycles. The smallest absolute Gasteiger partial charge is 0.354 e. The Morgan fingerprint density at radius 3 is 2.53 bits per heavy atom. The molecule has 1 N–H and O–H groups in total. The van der Waals surface area contributed by atoms with Crippen molar-refractivity contribution in [2.24, 2.45) is 0 Å². The maximum Gasteiger partial charge on any atom is 0.354 e. The van der Waals surface area contributed by atoms with Gasteiger partial charge in [0, 0.05) is 9.64 Å². The summed E-state index contributed by atoms with van der Waals surface area (Å²) < 4.78 is 6.55. The second-order valence-electron chi connectivity index (χ2n) is 3.22. The highest BCUT2D eigenvalue weighted by molar-refractivity contribution is 14.1. The van der Waals surface area contributed by atoms with Crippen molar-refractivity contribution in [2.75, 3.05) is 0 Å². The zero-order valence-corrected chi connectivity index (χ0v) is 10.8. The molecule has 1 heterocycles. The number of carboxylic acids is 1. The van der Waals surface area contributed by atoms with Crippen molar-refractivity contribution < 1.29 is 14.6 Å². The van der Waals surface area contributed by atoms with E-state index in [1.807, 2.05) is 12.1 Å². The van der Waals surface area contributed by atoms with E-state index in [1.165, 1.54) is 6.07 Å². The molecule has 0 saturated heterocycles. The standard InChI is InChI=1S/C12H8INO3/c13-8-4-6-9(7-5-8)17-11-3-1-2-10(14-11)12(15)16/h1-7H,(H,15,16). The SMILES string of the molecule is O=C(O)c1cccc(Oc2ccc(I)cc2)n1. The first-order chi connectivity index (χ1) is 8.15. The summed E-state index contributed by atoms with van der Waals surface area (Å²) in [5.74, 6) is -0.176. The minimum absolute atomic E-state index is 0.0342. The lowest BCUT2D eigenvalue weighted by Crippen LogP contribution is -2.00. The fourth-order valence-electron chi connectivity index (χ4n) is 1.21. The van der Waals surface area contributed by atoms with E-state index in [2.05, 4.69) is 27.6 Å². The number of carbonyl (C=O) groups is 1. The Hall–Kier alpha value is -1.63. The lowest BCUT2D eigenvalue weighted by molar-refractivity contribution is 0.0689. The van der Waals surface area contributed by atoms with E-state index in [0.717, 1.165) is 3.57 Å². The molecule has 0 aliphatic carbocycles. The van der Waals surface area contributed by atoms with Gasteiger partial charge in [0.1, 0.15) is 5.75 Å². The number of rotatable bonds is 3. The fourth-order valence-corrected chi connectivity index (χ4v) is 1.57. The van der Waals surface area contributed by atoms with Crippen LogP contribution in [0.2, 0.25) is 0 Å². The summed E-state index contributed by atoms with van der Waals surface area (Å²) in [6.07, 6.45) is 0. The third-order valence-electron chi connectivity index (χ3n) is 1.98. The number of benzene rings is 1. The van der Waals surface area contributed by atoms with Crippen molar-refractivity contribution in [1.82, 2.24) is 4.98 Å². The van der Waals surface area contributed by atoms with Gasteiger partial charge in [-0.25, -0.2) is 9.78 Å². The van der Waals surface area contributed by atoms with Gasteiger partial charge < -0.3 is 9.84 Å². The Kier molecular flexibility index (Phi) is 3.58. The van der Waals surface area contributed by atoms with Crippen molar-refractivity contribution in [3.8, 4) is 11.6 Å². The van der Waals surface area contributed by atoms with Crippen LogP contribution in [0.1, 0.15) is 10.5 Å². The van der Waals surface area contributed by atoms with Gasteiger partial charge in [-0.3, -0.25) is 0 Å². The Balaban J connectivity index is 2.21. The monoisotopic (exact) mass is 341 g/mol. The van der Waals surface area contributed by atoms with E-state index in [9.17, 15) is 4.79 Å². The van der Waals surface area contributed by atoms with Gasteiger partial charge in [-0.2, -0.15) is 0 Å². The van der Waals surface area contributed by atoms with Crippen LogP contribution >= 0.6 is 22.6 Å². The first kappa shape index (κ1) is 11.8. The molecule has 0 saturated carbocycles. The summed E-state index contributed by atoms with van der Waals surface area (Å²) in [6.45, 7) is 0. The summed E-state index contributed by atoms with van der Waals surface area (Å²) in [4.78, 5) is 14.6. The molecule has 4 nitrogen and oxygen atoms in total. The van der Waals surface area contributed by atoms with Crippen molar-refractivity contribution in [2.45, 2.75) is 0 Å². The van der Waals surface area contributed by atoms with Gasteiger partial charge in [0.25, 0.3) is 0 Å². The van der Waals surface area contributed by atoms with E-state index < -0.39 is 5.97 Å². The molecule has 0 aliphatic rings. The molecule has 2 aromatic rings. The number of hydrogen-bond donors (Lipinski definition) is 1. The van der Waals surface area contributed by atoms with Crippen LogP contribution in [0.4, 0.5) is 0 Å². The molecule has 0 radical (unpaired) electrons. The highest BCUT2D eigenvalue weighted by Gasteiger charge is 2.06. The number of nitrogens with zero attached hydrogens (tertiary/aromatic N) is 1. The van der Waals surface area contributed by atoms with E-state index in [1.54, 1.807) is 24.3 Å². The number of aromatic carboxylic acids is 1. The average Bonchev–Trinajstić information content (AvgIpc) is 2.32. The highest BCUT2D eigenvalue weighted by Crippen LogP contribution is 2.20. The summed E-state index contributed by atoms with van der Waals surface area (Å²) in [5, 5.41) is 8.79. The van der Waals surface area contributed by atoms with Crippen molar-refractivity contribution in [1.29, 1.82) is 0 Å². The summed E-state index contributed by atoms with van der Waals surface area (Å²) >= 11 is 2.19. The van der Waals surface area contributed by atoms with Gasteiger partial charge >= 0.3 is 5.97 Å². The van der Waals surface area contributed by atoms with E-state index in [0.29, 0.717) is 5.75 Å². The zero-order chi connectivity index (χ0) is 12.3. The molecule has 2 rings (SSSR count). The second-order valence-corrected chi connectivity index (χ2v) is 4.47. The van der Waals surface area contributed by atoms with Crippen LogP contribution < -0.4 is 4.74 Å². The molecule has 17 heavy (non-hydrogen) atoms. The number of pyridine rings is 1. The number of carboxylic acid groups (broad SMARTS) is 1. The van der Waals surface area contributed by atoms with Crippen LogP contribution in [-0.4, -0.2) is 16.1 Å². The van der Waals surface area contributed by atoms with Crippen molar-refractivity contribution >= 4 is 28.6 Å². The molecule has 0 amide bonds. The largest absolute Gasteiger partial charge is 0.477 e. The lowest BCUT2D eigenvalue weighted by Gasteiger charge is -2.04. The predicted octanol–water partition coefficient (Wildman–Crippen LogP) is 3.18. The van der Waals surface area contributed by atoms with Gasteiger partial charge in [0.05, 0.1) is 0 Å². The predicted molar refractivity (Wildman–Crippen MR) is 70.4 cm³/mol. The second kappa shape index (κ2) is 5.13. The van der Waals surface area contributed by atoms with Gasteiger partial charge in [-0.1, -0.05) is 6.07 Å². The molecule has 0 atom stereocenters. The highest BCUT2D eigenvalue weighted by atomic mass is 127. The molecule has 0 unspecified atom stereocenters. The molecular formula is C12H8INO3. The maximum absolute atomic E-state index is 10.7. The lowest BCUT2D eigenvalue weighted by atomic mass is 10.3. The molecule has 86 valence electrons. The maximum atomic E-state index is 10.7. The Morgan fingerprint density at radius 1 is 1.18 bits per heavy atom. The Labute approximate surface area is 111 Å². The molecule has 0 bridgehead atoms. The summed E-state index contributed by atoms with van der Waals surface area (Å²) in [7, 11) is 0. The van der Waals surface area contributed by atoms with E-state index >= 15 is 0 Å². The fraction of sp³-hybridized carbons (Fsp3) is 0. The van der Waals surface area contributed by atoms with Crippen molar-refractivity contribution in [3.63, 3.8) is 0 Å². The van der Waals surface area contributed by atoms with Crippen LogP contribution in [-0.2, 0) is 0 Å². The van der Waals surface area contributed by atoms with Crippen LogP contribution in [0.25, 0.3) is 0 Å². The van der Waals surface area contributed by atoms with Crippen molar-refractivity contribution in [3.05, 3.63) is 51.7 Å². The average molecular weight is 341 g/mol. The van der Waals surface area contributed by atoms with Gasteiger partial charge in [-0.15, -0.1) is 0 Å². The van der Waals surface area contributed by atoms with E-state index in [-0.39, 0.29) is 11.6 Å². The quantitative estimate of drug-likeness (QED) is 0.872. The third kappa shape index (κ3) is 3.16. The minimum Gasteiger partial charge on any atom is -0.477 e. The summed E-state index contributed by atoms with van der Waals surface area (Å²) in [5.41, 5.74) is -0.0342. The van der Waals surface area contributed by atoms with Gasteiger partial charge in [0.15, 0.2) is 5.69 Å². The summed E-state index contributed by atoms with van der Waals surface area (Å²) in [6, 6.07) is 12.0. The van der Waals surface area contributed by atoms with Crippen LogP contribution in [0.3, 0.4) is 0 Å². The molecule has 1 aromatic heterocycles. The Bertz CT molecular complexity index is 540. The Morgan fingerprint density at radius 2 is 1.88 bits per heavy atom. The molecule has 1 aromatic carbocycles. The molecule has 5 heteroatoms. The topological polar surface area (TPSA) is 59.4 Å². The normalized spacial score (nSPS) is 9.94. The number of halogens is 1. The van der Waals surface area contributed by atoms with Gasteiger partial charge in [0.2, 0.25) is 5.88 Å². The van der Waals surface area contributed by atoms with E-state index in [4.69, 9.17) is 9.84 Å². The number of hydrogen-bond acceptors (Lipinski definition) is 3. The zero-order valence-electron chi connectivity index (χ0n) is 8.63. The molecule has 0 fully saturated rings.